The highest BCUT2D eigenvalue weighted by Crippen LogP contribution is 2.12. The van der Waals surface area contributed by atoms with Crippen LogP contribution in [0.2, 0.25) is 0 Å². The van der Waals surface area contributed by atoms with Crippen molar-refractivity contribution in [3.05, 3.63) is 35.0 Å². The predicted octanol–water partition coefficient (Wildman–Crippen LogP) is 1.12. The first-order valence-electron chi connectivity index (χ1n) is 4.08. The average Bonchev–Trinajstić information content (AvgIpc) is 2.28. The Hall–Kier alpha value is -2.42. The van der Waals surface area contributed by atoms with Crippen molar-refractivity contribution in [2.75, 3.05) is 7.05 Å². The number of amides is 1. The highest BCUT2D eigenvalue weighted by atomic mass is 16.5. The van der Waals surface area contributed by atoms with Gasteiger partial charge in [0.1, 0.15) is 0 Å². The first kappa shape index (κ1) is 10.7. The van der Waals surface area contributed by atoms with Gasteiger partial charge in [-0.1, -0.05) is 0 Å². The Morgan fingerprint density at radius 2 is 2.13 bits per heavy atom. The summed E-state index contributed by atoms with van der Waals surface area (Å²) in [6.45, 7) is 0. The Morgan fingerprint density at radius 3 is 2.60 bits per heavy atom. The molecule has 1 aromatic rings. The fraction of sp³-hybridized carbons (Fsp3) is 0.111. The molecule has 6 nitrogen and oxygen atoms in total. The maximum atomic E-state index is 11.1. The monoisotopic (exact) mass is 204 g/mol. The molecule has 1 rings (SSSR count). The smallest absolute Gasteiger partial charge is 0.274 e. The number of nitrogens with zero attached hydrogens (tertiary/aromatic N) is 3. The summed E-state index contributed by atoms with van der Waals surface area (Å²) < 4.78 is 0. The quantitative estimate of drug-likeness (QED) is 0.338. The zero-order valence-corrected chi connectivity index (χ0v) is 7.97. The summed E-state index contributed by atoms with van der Waals surface area (Å²) in [5.41, 5.74) is 0.635. The van der Waals surface area contributed by atoms with E-state index in [1.165, 1.54) is 37.5 Å². The second-order valence-corrected chi connectivity index (χ2v) is 2.60. The van der Waals surface area contributed by atoms with Crippen molar-refractivity contribution >= 4 is 11.6 Å². The van der Waals surface area contributed by atoms with E-state index in [1.807, 2.05) is 0 Å². The van der Waals surface area contributed by atoms with Gasteiger partial charge < -0.3 is 10.5 Å². The van der Waals surface area contributed by atoms with Crippen LogP contribution in [0.4, 0.5) is 5.69 Å². The van der Waals surface area contributed by atoms with Crippen LogP contribution in [-0.4, -0.2) is 17.8 Å². The topological polar surface area (TPSA) is 91.3 Å². The van der Waals surface area contributed by atoms with Gasteiger partial charge >= 0.3 is 0 Å². The first-order valence-corrected chi connectivity index (χ1v) is 4.08. The summed E-state index contributed by atoms with van der Waals surface area (Å²) in [4.78, 5) is 11.3. The van der Waals surface area contributed by atoms with E-state index in [1.54, 1.807) is 0 Å². The Labute approximate surface area is 86.0 Å². The van der Waals surface area contributed by atoms with E-state index >= 15 is 0 Å². The van der Waals surface area contributed by atoms with Crippen molar-refractivity contribution in [1.29, 1.82) is 5.26 Å². The van der Waals surface area contributed by atoms with E-state index in [0.29, 0.717) is 5.56 Å². The molecule has 0 atom stereocenters. The van der Waals surface area contributed by atoms with Gasteiger partial charge in [-0.2, -0.15) is 5.26 Å². The van der Waals surface area contributed by atoms with Crippen LogP contribution in [0.5, 0.6) is 0 Å². The number of hydrogen-bond acceptors (Lipinski definition) is 4. The van der Waals surface area contributed by atoms with Crippen molar-refractivity contribution in [2.24, 2.45) is 5.11 Å². The normalized spacial score (nSPS) is 10.5. The maximum absolute atomic E-state index is 11.1. The minimum atomic E-state index is -0.240. The number of hydrogen-bond donors (Lipinski definition) is 1. The van der Waals surface area contributed by atoms with Crippen molar-refractivity contribution in [1.82, 2.24) is 5.32 Å². The fourth-order valence-electron chi connectivity index (χ4n) is 0.983. The Bertz CT molecular complexity index is 430. The van der Waals surface area contributed by atoms with Gasteiger partial charge in [-0.05, 0) is 17.0 Å². The molecule has 0 unspecified atom stereocenters. The third kappa shape index (κ3) is 2.51. The standard InChI is InChI=1S/C9H8N4O2/c1-11-9(14)7-2-4-8(5-3-7)13(15)12-6-10/h2-5H,1H3,(H,11,14). The molecule has 0 aliphatic heterocycles. The molecule has 0 bridgehead atoms. The summed E-state index contributed by atoms with van der Waals surface area (Å²) >= 11 is 0. The Kier molecular flexibility index (Phi) is 3.35. The van der Waals surface area contributed by atoms with E-state index in [2.05, 4.69) is 10.4 Å². The SMILES string of the molecule is CNC(=O)c1ccc([N+]([O-])=NC#N)cc1. The third-order valence-corrected chi connectivity index (χ3v) is 1.71. The molecule has 1 amide bonds. The van der Waals surface area contributed by atoms with Crippen LogP contribution in [-0.2, 0) is 0 Å². The molecule has 15 heavy (non-hydrogen) atoms. The summed E-state index contributed by atoms with van der Waals surface area (Å²) in [7, 11) is 1.52. The molecule has 0 fully saturated rings. The highest BCUT2D eigenvalue weighted by molar-refractivity contribution is 5.94. The Morgan fingerprint density at radius 1 is 1.53 bits per heavy atom. The van der Waals surface area contributed by atoms with Gasteiger partial charge in [0.2, 0.25) is 5.69 Å². The molecule has 0 radical (unpaired) electrons. The van der Waals surface area contributed by atoms with Crippen LogP contribution in [0.25, 0.3) is 0 Å². The van der Waals surface area contributed by atoms with Gasteiger partial charge in [0.25, 0.3) is 12.1 Å². The van der Waals surface area contributed by atoms with E-state index in [0.717, 1.165) is 0 Å². The number of carbonyl (C=O) groups excluding carboxylic acids is 1. The lowest BCUT2D eigenvalue weighted by Gasteiger charge is -2.00. The zero-order valence-electron chi connectivity index (χ0n) is 7.97. The van der Waals surface area contributed by atoms with E-state index in [9.17, 15) is 10.0 Å². The fourth-order valence-corrected chi connectivity index (χ4v) is 0.983. The van der Waals surface area contributed by atoms with Crippen LogP contribution >= 0.6 is 0 Å². The second-order valence-electron chi connectivity index (χ2n) is 2.60. The summed E-state index contributed by atoms with van der Waals surface area (Å²) in [5.74, 6) is -0.240. The molecule has 0 aliphatic carbocycles. The van der Waals surface area contributed by atoms with Crippen molar-refractivity contribution in [2.45, 2.75) is 0 Å². The first-order chi connectivity index (χ1) is 7.19. The number of benzene rings is 1. The zero-order chi connectivity index (χ0) is 11.3. The van der Waals surface area contributed by atoms with Crippen LogP contribution in [0, 0.1) is 16.7 Å². The van der Waals surface area contributed by atoms with Gasteiger partial charge in [-0.15, -0.1) is 0 Å². The lowest BCUT2D eigenvalue weighted by atomic mass is 10.2. The molecule has 0 saturated carbocycles. The van der Waals surface area contributed by atoms with Gasteiger partial charge in [0.15, 0.2) is 0 Å². The van der Waals surface area contributed by atoms with E-state index in [-0.39, 0.29) is 16.5 Å². The minimum Gasteiger partial charge on any atom is -0.593 e. The molecule has 0 saturated heterocycles. The van der Waals surface area contributed by atoms with Crippen molar-refractivity contribution < 1.29 is 9.66 Å². The molecular formula is C9H8N4O2. The number of nitrogens with one attached hydrogen (secondary N) is 1. The second kappa shape index (κ2) is 4.72. The number of nitriles is 1. The summed E-state index contributed by atoms with van der Waals surface area (Å²) in [6.07, 6.45) is 1.37. The molecule has 0 aliphatic rings. The summed E-state index contributed by atoms with van der Waals surface area (Å²) in [6, 6.07) is 5.79. The molecular weight excluding hydrogens is 196 g/mol. The van der Waals surface area contributed by atoms with Crippen LogP contribution in [0.1, 0.15) is 10.4 Å². The van der Waals surface area contributed by atoms with Crippen LogP contribution < -0.4 is 5.32 Å². The number of rotatable bonds is 2. The average molecular weight is 204 g/mol. The molecule has 76 valence electrons. The molecule has 0 spiro atoms. The minimum absolute atomic E-state index is 0.188. The van der Waals surface area contributed by atoms with Gasteiger partial charge in [-0.3, -0.25) is 4.79 Å². The molecule has 6 heteroatoms. The van der Waals surface area contributed by atoms with E-state index < -0.39 is 0 Å². The van der Waals surface area contributed by atoms with Crippen molar-refractivity contribution in [3.8, 4) is 6.19 Å². The number of azo groups is 1. The lowest BCUT2D eigenvalue weighted by Crippen LogP contribution is -2.17. The van der Waals surface area contributed by atoms with Crippen LogP contribution in [0.15, 0.2) is 29.4 Å². The lowest BCUT2D eigenvalue weighted by molar-refractivity contribution is -0.435. The Balaban J connectivity index is 2.96. The number of carbonyl (C=O) groups is 1. The predicted molar refractivity (Wildman–Crippen MR) is 51.2 cm³/mol. The van der Waals surface area contributed by atoms with Gasteiger partial charge in [0, 0.05) is 24.7 Å². The van der Waals surface area contributed by atoms with Gasteiger partial charge in [-0.25, -0.2) is 0 Å². The molecule has 0 aromatic heterocycles. The van der Waals surface area contributed by atoms with Gasteiger partial charge in [0.05, 0.1) is 5.11 Å². The van der Waals surface area contributed by atoms with Crippen molar-refractivity contribution in [3.63, 3.8) is 0 Å². The van der Waals surface area contributed by atoms with E-state index in [4.69, 9.17) is 5.26 Å². The molecule has 1 aromatic carbocycles. The molecule has 1 N–H and O–H groups in total. The highest BCUT2D eigenvalue weighted by Gasteiger charge is 2.06. The maximum Gasteiger partial charge on any atom is 0.274 e. The van der Waals surface area contributed by atoms with Crippen LogP contribution in [0.3, 0.4) is 0 Å². The molecule has 0 heterocycles. The third-order valence-electron chi connectivity index (χ3n) is 1.71. The summed E-state index contributed by atoms with van der Waals surface area (Å²) in [5, 5.41) is 24.6. The largest absolute Gasteiger partial charge is 0.593 e.